The first kappa shape index (κ1) is 16.4. The van der Waals surface area contributed by atoms with Crippen LogP contribution < -0.4 is 10.6 Å². The molecule has 0 radical (unpaired) electrons. The lowest BCUT2D eigenvalue weighted by atomic mass is 10.1. The van der Waals surface area contributed by atoms with E-state index in [1.165, 1.54) is 12.1 Å². The molecule has 0 unspecified atom stereocenters. The number of nitrogens with one attached hydrogen (secondary N) is 2. The predicted octanol–water partition coefficient (Wildman–Crippen LogP) is 2.75. The Morgan fingerprint density at radius 2 is 2.05 bits per heavy atom. The van der Waals surface area contributed by atoms with Crippen LogP contribution in [0.4, 0.5) is 4.39 Å². The largest absolute Gasteiger partial charge is 0.356 e. The molecule has 0 fully saturated rings. The molecule has 0 saturated carbocycles. The molecule has 1 heterocycles. The van der Waals surface area contributed by atoms with Crippen molar-refractivity contribution in [3.05, 3.63) is 51.7 Å². The molecule has 0 atom stereocenters. The normalized spacial score (nSPS) is 11.5. The summed E-state index contributed by atoms with van der Waals surface area (Å²) in [4.78, 5) is 8.69. The molecule has 1 aromatic heterocycles. The maximum Gasteiger partial charge on any atom is 0.191 e. The molecule has 0 bridgehead atoms. The topological polar surface area (TPSA) is 49.3 Å². The summed E-state index contributed by atoms with van der Waals surface area (Å²) in [7, 11) is 1.74. The number of thiazole rings is 1. The predicted molar refractivity (Wildman–Crippen MR) is 89.8 cm³/mol. The number of aliphatic imine (C=N–C) groups is 1. The Morgan fingerprint density at radius 3 is 2.68 bits per heavy atom. The summed E-state index contributed by atoms with van der Waals surface area (Å²) in [6, 6.07) is 6.56. The van der Waals surface area contributed by atoms with Gasteiger partial charge in [0.1, 0.15) is 5.82 Å². The average molecular weight is 320 g/mol. The Balaban J connectivity index is 1.74. The zero-order valence-electron chi connectivity index (χ0n) is 12.9. The van der Waals surface area contributed by atoms with E-state index in [1.807, 2.05) is 0 Å². The third-order valence-electron chi connectivity index (χ3n) is 3.18. The van der Waals surface area contributed by atoms with E-state index in [2.05, 4.69) is 32.9 Å². The maximum absolute atomic E-state index is 12.8. The van der Waals surface area contributed by atoms with Gasteiger partial charge in [0.15, 0.2) is 5.96 Å². The Morgan fingerprint density at radius 1 is 1.27 bits per heavy atom. The lowest BCUT2D eigenvalue weighted by Crippen LogP contribution is -2.37. The van der Waals surface area contributed by atoms with Crippen molar-refractivity contribution >= 4 is 17.3 Å². The monoisotopic (exact) mass is 320 g/mol. The van der Waals surface area contributed by atoms with Crippen LogP contribution in [0.1, 0.15) is 23.2 Å². The van der Waals surface area contributed by atoms with Crippen molar-refractivity contribution in [3.8, 4) is 0 Å². The number of aromatic nitrogens is 1. The number of hydrogen-bond donors (Lipinski definition) is 2. The summed E-state index contributed by atoms with van der Waals surface area (Å²) in [5.41, 5.74) is 2.12. The van der Waals surface area contributed by atoms with Crippen molar-refractivity contribution in [3.63, 3.8) is 0 Å². The van der Waals surface area contributed by atoms with Gasteiger partial charge in [0.25, 0.3) is 0 Å². The van der Waals surface area contributed by atoms with Gasteiger partial charge >= 0.3 is 0 Å². The molecule has 0 amide bonds. The summed E-state index contributed by atoms with van der Waals surface area (Å²) in [6.45, 7) is 3.50. The van der Waals surface area contributed by atoms with Crippen LogP contribution in [0.2, 0.25) is 0 Å². The molecule has 2 N–H and O–H groups in total. The van der Waals surface area contributed by atoms with Crippen LogP contribution in [0.25, 0.3) is 0 Å². The summed E-state index contributed by atoms with van der Waals surface area (Å²) < 4.78 is 12.8. The number of guanidine groups is 1. The van der Waals surface area contributed by atoms with Crippen molar-refractivity contribution in [2.45, 2.75) is 26.3 Å². The minimum absolute atomic E-state index is 0.205. The molecule has 0 aliphatic rings. The molecule has 2 rings (SSSR count). The Bertz CT molecular complexity index is 607. The number of benzene rings is 1. The maximum atomic E-state index is 12.8. The Labute approximate surface area is 134 Å². The van der Waals surface area contributed by atoms with E-state index in [1.54, 1.807) is 30.5 Å². The second-order valence-electron chi connectivity index (χ2n) is 4.82. The lowest BCUT2D eigenvalue weighted by Gasteiger charge is -2.11. The SMILES string of the molecule is CCc1nc(CNC(=NC)NCCc2ccc(F)cc2)cs1. The number of rotatable bonds is 6. The first-order chi connectivity index (χ1) is 10.7. The van der Waals surface area contributed by atoms with Crippen molar-refractivity contribution in [1.82, 2.24) is 15.6 Å². The van der Waals surface area contributed by atoms with Gasteiger partial charge in [-0.25, -0.2) is 9.37 Å². The highest BCUT2D eigenvalue weighted by molar-refractivity contribution is 7.09. The summed E-state index contributed by atoms with van der Waals surface area (Å²) in [5.74, 6) is 0.539. The highest BCUT2D eigenvalue weighted by Crippen LogP contribution is 2.09. The highest BCUT2D eigenvalue weighted by atomic mass is 32.1. The van der Waals surface area contributed by atoms with Crippen molar-refractivity contribution in [2.24, 2.45) is 4.99 Å². The fourth-order valence-corrected chi connectivity index (χ4v) is 2.71. The van der Waals surface area contributed by atoms with Gasteiger partial charge in [-0.05, 0) is 30.5 Å². The molecular formula is C16H21FN4S. The van der Waals surface area contributed by atoms with Crippen LogP contribution in [0.3, 0.4) is 0 Å². The first-order valence-electron chi connectivity index (χ1n) is 7.33. The minimum atomic E-state index is -0.205. The van der Waals surface area contributed by atoms with Gasteiger partial charge < -0.3 is 10.6 Å². The van der Waals surface area contributed by atoms with Gasteiger partial charge in [0, 0.05) is 19.0 Å². The average Bonchev–Trinajstić information content (AvgIpc) is 3.00. The van der Waals surface area contributed by atoms with Crippen LogP contribution in [0, 0.1) is 5.82 Å². The van der Waals surface area contributed by atoms with Crippen LogP contribution in [0.5, 0.6) is 0 Å². The molecule has 0 saturated heterocycles. The molecule has 0 aliphatic heterocycles. The molecule has 4 nitrogen and oxygen atoms in total. The third kappa shape index (κ3) is 5.11. The molecule has 6 heteroatoms. The van der Waals surface area contributed by atoms with Gasteiger partial charge in [-0.15, -0.1) is 11.3 Å². The number of hydrogen-bond acceptors (Lipinski definition) is 3. The van der Waals surface area contributed by atoms with E-state index in [0.29, 0.717) is 6.54 Å². The van der Waals surface area contributed by atoms with Gasteiger partial charge in [-0.2, -0.15) is 0 Å². The third-order valence-corrected chi connectivity index (χ3v) is 4.22. The van der Waals surface area contributed by atoms with Crippen LogP contribution >= 0.6 is 11.3 Å². The fraction of sp³-hybridized carbons (Fsp3) is 0.375. The summed E-state index contributed by atoms with van der Waals surface area (Å²) in [5, 5.41) is 9.70. The van der Waals surface area contributed by atoms with Crippen LogP contribution in [-0.2, 0) is 19.4 Å². The number of aryl methyl sites for hydroxylation is 1. The van der Waals surface area contributed by atoms with E-state index in [9.17, 15) is 4.39 Å². The van der Waals surface area contributed by atoms with E-state index >= 15 is 0 Å². The zero-order chi connectivity index (χ0) is 15.8. The fourth-order valence-electron chi connectivity index (χ4n) is 1.96. The lowest BCUT2D eigenvalue weighted by molar-refractivity contribution is 0.626. The Kier molecular flexibility index (Phi) is 6.33. The van der Waals surface area contributed by atoms with Gasteiger partial charge in [-0.3, -0.25) is 4.99 Å². The highest BCUT2D eigenvalue weighted by Gasteiger charge is 2.02. The zero-order valence-corrected chi connectivity index (χ0v) is 13.7. The molecule has 22 heavy (non-hydrogen) atoms. The van der Waals surface area contributed by atoms with Crippen molar-refractivity contribution in [1.29, 1.82) is 0 Å². The van der Waals surface area contributed by atoms with Gasteiger partial charge in [-0.1, -0.05) is 19.1 Å². The van der Waals surface area contributed by atoms with Crippen molar-refractivity contribution < 1.29 is 4.39 Å². The minimum Gasteiger partial charge on any atom is -0.356 e. The molecule has 2 aromatic rings. The van der Waals surface area contributed by atoms with Crippen LogP contribution in [-0.4, -0.2) is 24.5 Å². The Hall–Kier alpha value is -1.95. The quantitative estimate of drug-likeness (QED) is 0.635. The summed E-state index contributed by atoms with van der Waals surface area (Å²) >= 11 is 1.68. The first-order valence-corrected chi connectivity index (χ1v) is 8.21. The number of halogens is 1. The molecule has 0 spiro atoms. The van der Waals surface area contributed by atoms with Gasteiger partial charge in [0.2, 0.25) is 0 Å². The van der Waals surface area contributed by atoms with Crippen molar-refractivity contribution in [2.75, 3.05) is 13.6 Å². The van der Waals surface area contributed by atoms with Gasteiger partial charge in [0.05, 0.1) is 17.2 Å². The molecular weight excluding hydrogens is 299 g/mol. The van der Waals surface area contributed by atoms with E-state index in [0.717, 1.165) is 41.6 Å². The molecule has 118 valence electrons. The van der Waals surface area contributed by atoms with E-state index in [-0.39, 0.29) is 5.82 Å². The molecule has 1 aromatic carbocycles. The van der Waals surface area contributed by atoms with Crippen LogP contribution in [0.15, 0.2) is 34.6 Å². The van der Waals surface area contributed by atoms with E-state index in [4.69, 9.17) is 0 Å². The molecule has 0 aliphatic carbocycles. The smallest absolute Gasteiger partial charge is 0.191 e. The van der Waals surface area contributed by atoms with E-state index < -0.39 is 0 Å². The summed E-state index contributed by atoms with van der Waals surface area (Å²) in [6.07, 6.45) is 1.78. The standard InChI is InChI=1S/C16H21FN4S/c1-3-15-21-14(11-22-15)10-20-16(18-2)19-9-8-12-4-6-13(17)7-5-12/h4-7,11H,3,8-10H2,1-2H3,(H2,18,19,20). The second-order valence-corrected chi connectivity index (χ2v) is 5.76. The number of nitrogens with zero attached hydrogens (tertiary/aromatic N) is 2. The second kappa shape index (κ2) is 8.48.